The van der Waals surface area contributed by atoms with Crippen molar-refractivity contribution >= 4 is 23.6 Å². The number of nitrogen functional groups attached to an aromatic ring is 1. The van der Waals surface area contributed by atoms with Crippen molar-refractivity contribution in [3.63, 3.8) is 0 Å². The summed E-state index contributed by atoms with van der Waals surface area (Å²) in [5, 5.41) is 9.40. The van der Waals surface area contributed by atoms with Crippen LogP contribution in [-0.4, -0.2) is 69.8 Å². The number of piperazine rings is 1. The Morgan fingerprint density at radius 3 is 2.44 bits per heavy atom. The Bertz CT molecular complexity index is 1230. The zero-order valence-electron chi connectivity index (χ0n) is 19.9. The predicted octanol–water partition coefficient (Wildman–Crippen LogP) is 2.47. The minimum Gasteiger partial charge on any atom is -0.477 e. The normalized spacial score (nSPS) is 18.7. The van der Waals surface area contributed by atoms with Crippen molar-refractivity contribution in [1.82, 2.24) is 19.4 Å². The monoisotopic (exact) mass is 461 g/mol. The highest BCUT2D eigenvalue weighted by Gasteiger charge is 2.26. The highest BCUT2D eigenvalue weighted by atomic mass is 16.4. The average molecular weight is 462 g/mol. The molecule has 2 aliphatic heterocycles. The van der Waals surface area contributed by atoms with Gasteiger partial charge in [0.2, 0.25) is 5.95 Å². The number of benzene rings is 1. The quantitative estimate of drug-likeness (QED) is 0.611. The molecule has 2 aliphatic rings. The van der Waals surface area contributed by atoms with Crippen LogP contribution in [0.4, 0.5) is 17.6 Å². The van der Waals surface area contributed by atoms with E-state index in [4.69, 9.17) is 5.73 Å². The highest BCUT2D eigenvalue weighted by molar-refractivity contribution is 5.88. The second kappa shape index (κ2) is 8.64. The Labute approximate surface area is 199 Å². The molecule has 1 atom stereocenters. The van der Waals surface area contributed by atoms with Crippen molar-refractivity contribution in [2.24, 2.45) is 7.05 Å². The molecule has 3 aromatic rings. The maximum atomic E-state index is 11.5. The molecule has 0 saturated carbocycles. The van der Waals surface area contributed by atoms with Crippen LogP contribution in [-0.2, 0) is 20.0 Å². The van der Waals surface area contributed by atoms with Crippen molar-refractivity contribution in [3.8, 4) is 11.1 Å². The second-order valence-electron chi connectivity index (χ2n) is 9.43. The lowest BCUT2D eigenvalue weighted by molar-refractivity contribution is 0.0686. The van der Waals surface area contributed by atoms with Gasteiger partial charge < -0.3 is 30.1 Å². The van der Waals surface area contributed by atoms with Crippen LogP contribution >= 0.6 is 0 Å². The summed E-state index contributed by atoms with van der Waals surface area (Å²) in [6, 6.07) is 10.5. The van der Waals surface area contributed by atoms with Crippen LogP contribution in [0.15, 0.2) is 36.5 Å². The first-order valence-electron chi connectivity index (χ1n) is 11.6. The lowest BCUT2D eigenvalue weighted by Crippen LogP contribution is -2.45. The summed E-state index contributed by atoms with van der Waals surface area (Å²) < 4.78 is 1.65. The molecular weight excluding hydrogens is 430 g/mol. The molecule has 2 aromatic heterocycles. The second-order valence-corrected chi connectivity index (χ2v) is 9.43. The SMILES string of the molecule is CC1Cc2ccc(-c3cc(C(=O)O)n(C)c3)cc2CN1c1cc(N2CCN(C)CC2)nc(N)n1. The third-order valence-corrected chi connectivity index (χ3v) is 6.99. The molecule has 178 valence electrons. The lowest BCUT2D eigenvalue weighted by Gasteiger charge is -2.37. The molecule has 0 spiro atoms. The number of fused-ring (bicyclic) bond motifs is 1. The first kappa shape index (κ1) is 22.2. The van der Waals surface area contributed by atoms with Gasteiger partial charge in [0.05, 0.1) is 0 Å². The summed E-state index contributed by atoms with van der Waals surface area (Å²) in [6.07, 6.45) is 2.76. The number of hydrogen-bond donors (Lipinski definition) is 2. The number of carbonyl (C=O) groups is 1. The molecule has 1 fully saturated rings. The largest absolute Gasteiger partial charge is 0.477 e. The Kier molecular flexibility index (Phi) is 5.65. The molecule has 0 radical (unpaired) electrons. The molecule has 1 saturated heterocycles. The third kappa shape index (κ3) is 4.19. The van der Waals surface area contributed by atoms with Gasteiger partial charge in [0.15, 0.2) is 0 Å². The maximum Gasteiger partial charge on any atom is 0.352 e. The fraction of sp³-hybridized carbons (Fsp3) is 0.400. The van der Waals surface area contributed by atoms with Gasteiger partial charge in [-0.1, -0.05) is 12.1 Å². The number of aromatic carboxylic acids is 1. The Morgan fingerprint density at radius 1 is 1.00 bits per heavy atom. The van der Waals surface area contributed by atoms with Gasteiger partial charge in [-0.05, 0) is 49.2 Å². The number of rotatable bonds is 4. The van der Waals surface area contributed by atoms with Gasteiger partial charge in [0.1, 0.15) is 17.3 Å². The van der Waals surface area contributed by atoms with Crippen molar-refractivity contribution in [3.05, 3.63) is 53.3 Å². The first-order chi connectivity index (χ1) is 16.3. The summed E-state index contributed by atoms with van der Waals surface area (Å²) in [5.41, 5.74) is 10.9. The van der Waals surface area contributed by atoms with Gasteiger partial charge in [-0.2, -0.15) is 9.97 Å². The number of nitrogens with zero attached hydrogens (tertiary/aromatic N) is 6. The van der Waals surface area contributed by atoms with Crippen LogP contribution in [0.2, 0.25) is 0 Å². The summed E-state index contributed by atoms with van der Waals surface area (Å²) in [5.74, 6) is 1.10. The van der Waals surface area contributed by atoms with E-state index >= 15 is 0 Å². The number of nitrogens with two attached hydrogens (primary N) is 1. The molecule has 5 rings (SSSR count). The topological polar surface area (TPSA) is 104 Å². The van der Waals surface area contributed by atoms with Crippen LogP contribution in [0.1, 0.15) is 28.5 Å². The van der Waals surface area contributed by atoms with Crippen molar-refractivity contribution in [2.45, 2.75) is 25.9 Å². The van der Waals surface area contributed by atoms with Crippen LogP contribution in [0, 0.1) is 0 Å². The highest BCUT2D eigenvalue weighted by Crippen LogP contribution is 2.33. The van der Waals surface area contributed by atoms with Gasteiger partial charge in [-0.25, -0.2) is 4.79 Å². The third-order valence-electron chi connectivity index (χ3n) is 6.99. The Balaban J connectivity index is 1.44. The van der Waals surface area contributed by atoms with Crippen LogP contribution < -0.4 is 15.5 Å². The maximum absolute atomic E-state index is 11.5. The van der Waals surface area contributed by atoms with Crippen LogP contribution in [0.3, 0.4) is 0 Å². The molecule has 0 bridgehead atoms. The van der Waals surface area contributed by atoms with Crippen molar-refractivity contribution < 1.29 is 9.90 Å². The zero-order chi connectivity index (χ0) is 24.0. The zero-order valence-corrected chi connectivity index (χ0v) is 19.9. The summed E-state index contributed by atoms with van der Waals surface area (Å²) in [7, 11) is 3.89. The molecule has 3 N–H and O–H groups in total. The van der Waals surface area contributed by atoms with Gasteiger partial charge in [-0.3, -0.25) is 0 Å². The van der Waals surface area contributed by atoms with E-state index in [1.807, 2.05) is 6.20 Å². The van der Waals surface area contributed by atoms with E-state index in [-0.39, 0.29) is 11.7 Å². The number of carboxylic acid groups (broad SMARTS) is 1. The van der Waals surface area contributed by atoms with E-state index in [9.17, 15) is 9.90 Å². The summed E-state index contributed by atoms with van der Waals surface area (Å²) >= 11 is 0. The standard InChI is InChI=1S/C25H31N7O2/c1-16-10-17-4-5-18(20-12-21(24(33)34)30(3)14-20)11-19(17)15-32(16)23-13-22(27-25(26)28-23)31-8-6-29(2)7-9-31/h4-5,11-14,16H,6-10,15H2,1-3H3,(H,33,34)(H2,26,27,28). The van der Waals surface area contributed by atoms with Crippen LogP contribution in [0.25, 0.3) is 11.1 Å². The molecular formula is C25H31N7O2. The van der Waals surface area contributed by atoms with Crippen molar-refractivity contribution in [2.75, 3.05) is 48.8 Å². The summed E-state index contributed by atoms with van der Waals surface area (Å²) in [6.45, 7) is 6.76. The van der Waals surface area contributed by atoms with Crippen molar-refractivity contribution in [1.29, 1.82) is 0 Å². The van der Waals surface area contributed by atoms with E-state index in [1.165, 1.54) is 11.1 Å². The lowest BCUT2D eigenvalue weighted by atomic mass is 9.92. The summed E-state index contributed by atoms with van der Waals surface area (Å²) in [4.78, 5) is 27.5. The number of hydrogen-bond acceptors (Lipinski definition) is 7. The molecule has 0 aliphatic carbocycles. The number of aryl methyl sites for hydroxylation is 1. The first-order valence-corrected chi connectivity index (χ1v) is 11.6. The Morgan fingerprint density at radius 2 is 1.74 bits per heavy atom. The van der Waals surface area contributed by atoms with Gasteiger partial charge in [-0.15, -0.1) is 0 Å². The smallest absolute Gasteiger partial charge is 0.352 e. The molecule has 9 heteroatoms. The van der Waals surface area contributed by atoms with Gasteiger partial charge in [0, 0.05) is 63.6 Å². The van der Waals surface area contributed by atoms with E-state index in [0.29, 0.717) is 12.5 Å². The molecule has 34 heavy (non-hydrogen) atoms. The van der Waals surface area contributed by atoms with E-state index < -0.39 is 5.97 Å². The minimum absolute atomic E-state index is 0.267. The molecule has 1 aromatic carbocycles. The fourth-order valence-corrected chi connectivity index (χ4v) is 4.95. The van der Waals surface area contributed by atoms with E-state index in [0.717, 1.165) is 55.4 Å². The van der Waals surface area contributed by atoms with Crippen LogP contribution in [0.5, 0.6) is 0 Å². The van der Waals surface area contributed by atoms with E-state index in [1.54, 1.807) is 17.7 Å². The fourth-order valence-electron chi connectivity index (χ4n) is 4.95. The number of carboxylic acids is 1. The predicted molar refractivity (Wildman–Crippen MR) is 133 cm³/mol. The Hall–Kier alpha value is -3.59. The number of aromatic nitrogens is 3. The molecule has 4 heterocycles. The average Bonchev–Trinajstić information content (AvgIpc) is 3.20. The number of likely N-dealkylation sites (N-methyl/N-ethyl adjacent to an activating group) is 1. The van der Waals surface area contributed by atoms with Gasteiger partial charge in [0.25, 0.3) is 0 Å². The molecule has 0 amide bonds. The molecule has 1 unspecified atom stereocenters. The number of anilines is 3. The molecule has 9 nitrogen and oxygen atoms in total. The minimum atomic E-state index is -0.927. The van der Waals surface area contributed by atoms with E-state index in [2.05, 4.69) is 62.9 Å². The van der Waals surface area contributed by atoms with Gasteiger partial charge >= 0.3 is 5.97 Å².